The highest BCUT2D eigenvalue weighted by Gasteiger charge is 2.27. The van der Waals surface area contributed by atoms with Gasteiger partial charge >= 0.3 is 5.97 Å². The highest BCUT2D eigenvalue weighted by Crippen LogP contribution is 2.26. The number of nitrogens with one attached hydrogen (secondary N) is 1. The molecule has 0 radical (unpaired) electrons. The second-order valence-electron chi connectivity index (χ2n) is 4.49. The van der Waals surface area contributed by atoms with Gasteiger partial charge in [-0.05, 0) is 31.5 Å². The molecule has 0 bridgehead atoms. The quantitative estimate of drug-likeness (QED) is 0.769. The third-order valence-electron chi connectivity index (χ3n) is 3.20. The molecule has 1 heterocycles. The topological polar surface area (TPSA) is 65.5 Å². The molecule has 2 N–H and O–H groups in total. The Balaban J connectivity index is 1.87. The maximum absolute atomic E-state index is 11.0. The van der Waals surface area contributed by atoms with Crippen molar-refractivity contribution in [2.75, 3.05) is 25.0 Å². The van der Waals surface area contributed by atoms with Gasteiger partial charge in [0, 0.05) is 25.3 Å². The van der Waals surface area contributed by atoms with E-state index in [0.29, 0.717) is 5.82 Å². The molecule has 0 atom stereocenters. The fraction of sp³-hybridized carbons (Fsp3) is 0.538. The Hall–Kier alpha value is -1.62. The van der Waals surface area contributed by atoms with Crippen molar-refractivity contribution in [1.82, 2.24) is 9.88 Å². The van der Waals surface area contributed by atoms with Crippen LogP contribution in [-0.2, 0) is 0 Å². The summed E-state index contributed by atoms with van der Waals surface area (Å²) in [6, 6.07) is 3.94. The van der Waals surface area contributed by atoms with Crippen LogP contribution in [0.3, 0.4) is 0 Å². The lowest BCUT2D eigenvalue weighted by Gasteiger charge is -2.20. The van der Waals surface area contributed by atoms with Crippen LogP contribution in [0, 0.1) is 0 Å². The molecule has 0 aliphatic heterocycles. The number of anilines is 1. The summed E-state index contributed by atoms with van der Waals surface area (Å²) in [7, 11) is 0. The summed E-state index contributed by atoms with van der Waals surface area (Å²) in [5.41, 5.74) is 0.229. The smallest absolute Gasteiger partial charge is 0.339 e. The lowest BCUT2D eigenvalue weighted by Crippen LogP contribution is -2.31. The molecule has 18 heavy (non-hydrogen) atoms. The number of carboxylic acid groups (broad SMARTS) is 1. The number of hydrogen-bond acceptors (Lipinski definition) is 4. The van der Waals surface area contributed by atoms with E-state index in [2.05, 4.69) is 22.1 Å². The van der Waals surface area contributed by atoms with Gasteiger partial charge in [-0.2, -0.15) is 0 Å². The van der Waals surface area contributed by atoms with E-state index in [-0.39, 0.29) is 5.56 Å². The van der Waals surface area contributed by atoms with Crippen LogP contribution in [-0.4, -0.2) is 46.6 Å². The van der Waals surface area contributed by atoms with Crippen molar-refractivity contribution in [1.29, 1.82) is 0 Å². The molecule has 0 spiro atoms. The van der Waals surface area contributed by atoms with Gasteiger partial charge in [-0.15, -0.1) is 0 Å². The van der Waals surface area contributed by atoms with Crippen molar-refractivity contribution in [3.63, 3.8) is 0 Å². The standard InChI is InChI=1S/C13H19N3O2/c1-2-16(10-5-6-10)9-8-15-12-11(13(17)18)4-3-7-14-12/h3-4,7,10H,2,5-6,8-9H2,1H3,(H,14,15)(H,17,18). The number of nitrogens with zero attached hydrogens (tertiary/aromatic N) is 2. The van der Waals surface area contributed by atoms with Gasteiger partial charge in [-0.3, -0.25) is 4.90 Å². The van der Waals surface area contributed by atoms with E-state index in [1.54, 1.807) is 18.3 Å². The highest BCUT2D eigenvalue weighted by atomic mass is 16.4. The van der Waals surface area contributed by atoms with Crippen LogP contribution in [0.15, 0.2) is 18.3 Å². The molecule has 1 aromatic rings. The Bertz CT molecular complexity index is 418. The molecule has 5 heteroatoms. The van der Waals surface area contributed by atoms with E-state index in [0.717, 1.165) is 25.7 Å². The minimum Gasteiger partial charge on any atom is -0.478 e. The van der Waals surface area contributed by atoms with Gasteiger partial charge in [0.15, 0.2) is 0 Å². The molecule has 2 rings (SSSR count). The van der Waals surface area contributed by atoms with Crippen molar-refractivity contribution in [3.8, 4) is 0 Å². The first-order valence-electron chi connectivity index (χ1n) is 6.38. The average Bonchev–Trinajstić information content (AvgIpc) is 3.19. The fourth-order valence-electron chi connectivity index (χ4n) is 2.08. The molecule has 1 aromatic heterocycles. The lowest BCUT2D eigenvalue weighted by molar-refractivity contribution is 0.0697. The Morgan fingerprint density at radius 3 is 3.00 bits per heavy atom. The zero-order valence-corrected chi connectivity index (χ0v) is 10.6. The van der Waals surface area contributed by atoms with E-state index < -0.39 is 5.97 Å². The van der Waals surface area contributed by atoms with Crippen molar-refractivity contribution in [2.45, 2.75) is 25.8 Å². The van der Waals surface area contributed by atoms with Crippen molar-refractivity contribution in [2.24, 2.45) is 0 Å². The second kappa shape index (κ2) is 5.82. The molecular weight excluding hydrogens is 230 g/mol. The summed E-state index contributed by atoms with van der Waals surface area (Å²) >= 11 is 0. The molecule has 1 aliphatic carbocycles. The number of carbonyl (C=O) groups is 1. The number of carboxylic acids is 1. The van der Waals surface area contributed by atoms with Gasteiger partial charge in [-0.1, -0.05) is 6.92 Å². The fourth-order valence-corrected chi connectivity index (χ4v) is 2.08. The maximum atomic E-state index is 11.0. The van der Waals surface area contributed by atoms with Crippen LogP contribution in [0.5, 0.6) is 0 Å². The first-order valence-corrected chi connectivity index (χ1v) is 6.38. The molecule has 0 aromatic carbocycles. The number of rotatable bonds is 7. The zero-order chi connectivity index (χ0) is 13.0. The van der Waals surface area contributed by atoms with Crippen molar-refractivity contribution in [3.05, 3.63) is 23.9 Å². The van der Waals surface area contributed by atoms with E-state index >= 15 is 0 Å². The van der Waals surface area contributed by atoms with Gasteiger partial charge in [0.05, 0.1) is 0 Å². The average molecular weight is 249 g/mol. The second-order valence-corrected chi connectivity index (χ2v) is 4.49. The SMILES string of the molecule is CCN(CCNc1ncccc1C(=O)O)C1CC1. The normalized spacial score (nSPS) is 14.8. The Kier molecular flexibility index (Phi) is 4.15. The largest absolute Gasteiger partial charge is 0.478 e. The van der Waals surface area contributed by atoms with Crippen LogP contribution >= 0.6 is 0 Å². The predicted octanol–water partition coefficient (Wildman–Crippen LogP) is 1.68. The van der Waals surface area contributed by atoms with Crippen LogP contribution in [0.2, 0.25) is 0 Å². The van der Waals surface area contributed by atoms with Gasteiger partial charge in [0.25, 0.3) is 0 Å². The Morgan fingerprint density at radius 2 is 2.39 bits per heavy atom. The number of likely N-dealkylation sites (N-methyl/N-ethyl adjacent to an activating group) is 1. The molecule has 98 valence electrons. The number of pyridine rings is 1. The molecule has 0 amide bonds. The van der Waals surface area contributed by atoms with Gasteiger partial charge < -0.3 is 10.4 Å². The predicted molar refractivity (Wildman–Crippen MR) is 70.0 cm³/mol. The van der Waals surface area contributed by atoms with Gasteiger partial charge in [0.1, 0.15) is 11.4 Å². The van der Waals surface area contributed by atoms with Crippen molar-refractivity contribution >= 4 is 11.8 Å². The monoisotopic (exact) mass is 249 g/mol. The van der Waals surface area contributed by atoms with Gasteiger partial charge in [-0.25, -0.2) is 9.78 Å². The Labute approximate surface area is 107 Å². The maximum Gasteiger partial charge on any atom is 0.339 e. The molecule has 0 saturated heterocycles. The Morgan fingerprint density at radius 1 is 1.61 bits per heavy atom. The summed E-state index contributed by atoms with van der Waals surface area (Å²) in [5, 5.41) is 12.1. The molecule has 1 fully saturated rings. The van der Waals surface area contributed by atoms with Gasteiger partial charge in [0.2, 0.25) is 0 Å². The minimum absolute atomic E-state index is 0.229. The zero-order valence-electron chi connectivity index (χ0n) is 10.6. The number of aromatic nitrogens is 1. The van der Waals surface area contributed by atoms with Crippen LogP contribution in [0.4, 0.5) is 5.82 Å². The summed E-state index contributed by atoms with van der Waals surface area (Å²) in [6.45, 7) is 4.85. The lowest BCUT2D eigenvalue weighted by atomic mass is 10.2. The molecule has 1 saturated carbocycles. The van der Waals surface area contributed by atoms with Crippen LogP contribution in [0.1, 0.15) is 30.1 Å². The minimum atomic E-state index is -0.944. The van der Waals surface area contributed by atoms with E-state index in [1.807, 2.05) is 0 Å². The van der Waals surface area contributed by atoms with Crippen molar-refractivity contribution < 1.29 is 9.90 Å². The summed E-state index contributed by atoms with van der Waals surface area (Å²) in [4.78, 5) is 17.5. The number of hydrogen-bond donors (Lipinski definition) is 2. The first kappa shape index (κ1) is 12.8. The van der Waals surface area contributed by atoms with Crippen LogP contribution < -0.4 is 5.32 Å². The van der Waals surface area contributed by atoms with Crippen LogP contribution in [0.25, 0.3) is 0 Å². The molecule has 5 nitrogen and oxygen atoms in total. The number of aromatic carboxylic acids is 1. The third kappa shape index (κ3) is 3.20. The molecule has 1 aliphatic rings. The van der Waals surface area contributed by atoms with E-state index in [4.69, 9.17) is 5.11 Å². The molecular formula is C13H19N3O2. The highest BCUT2D eigenvalue weighted by molar-refractivity contribution is 5.92. The summed E-state index contributed by atoms with van der Waals surface area (Å²) in [5.74, 6) is -0.489. The summed E-state index contributed by atoms with van der Waals surface area (Å²) in [6.07, 6.45) is 4.18. The van der Waals surface area contributed by atoms with E-state index in [9.17, 15) is 4.79 Å². The summed E-state index contributed by atoms with van der Waals surface area (Å²) < 4.78 is 0. The van der Waals surface area contributed by atoms with E-state index in [1.165, 1.54) is 12.8 Å². The first-order chi connectivity index (χ1) is 8.72. The molecule has 0 unspecified atom stereocenters. The third-order valence-corrected chi connectivity index (χ3v) is 3.20.